The average molecular weight is 205 g/mol. The Bertz CT molecular complexity index is 227. The van der Waals surface area contributed by atoms with E-state index in [1.54, 1.807) is 0 Å². The van der Waals surface area contributed by atoms with Gasteiger partial charge in [-0.3, -0.25) is 0 Å². The molecule has 0 aromatic carbocycles. The fourth-order valence-electron chi connectivity index (χ4n) is 0.615. The van der Waals surface area contributed by atoms with E-state index in [1.807, 2.05) is 6.92 Å². The van der Waals surface area contributed by atoms with Gasteiger partial charge < -0.3 is 0 Å². The Balaban J connectivity index is 3.03. The van der Waals surface area contributed by atoms with Crippen molar-refractivity contribution < 1.29 is 4.39 Å². The van der Waals surface area contributed by atoms with Gasteiger partial charge in [0, 0.05) is 0 Å². The summed E-state index contributed by atoms with van der Waals surface area (Å²) in [6, 6.07) is 0. The predicted octanol–water partition coefficient (Wildman–Crippen LogP) is 2.07. The van der Waals surface area contributed by atoms with Crippen LogP contribution in [0.4, 0.5) is 4.39 Å². The molecule has 0 amide bonds. The molecule has 0 spiro atoms. The lowest BCUT2D eigenvalue weighted by Gasteiger charge is -2.00. The van der Waals surface area contributed by atoms with Crippen LogP contribution in [0.15, 0.2) is 12.5 Å². The number of rotatable bonds is 1. The zero-order valence-corrected chi connectivity index (χ0v) is 6.97. The Labute approximate surface area is 66.6 Å². The second-order valence-electron chi connectivity index (χ2n) is 1.87. The maximum atomic E-state index is 12.7. The van der Waals surface area contributed by atoms with Gasteiger partial charge in [-0.25, -0.2) is 14.4 Å². The van der Waals surface area contributed by atoms with E-state index in [0.717, 1.165) is 6.20 Å². The molecule has 1 atom stereocenters. The summed E-state index contributed by atoms with van der Waals surface area (Å²) in [6.45, 7) is 1.81. The third kappa shape index (κ3) is 1.50. The minimum atomic E-state index is -0.369. The molecule has 1 aromatic heterocycles. The lowest BCUT2D eigenvalue weighted by Crippen LogP contribution is -1.94. The first-order chi connectivity index (χ1) is 4.72. The third-order valence-electron chi connectivity index (χ3n) is 1.07. The van der Waals surface area contributed by atoms with E-state index in [-0.39, 0.29) is 10.6 Å². The Morgan fingerprint density at radius 1 is 1.70 bits per heavy atom. The highest BCUT2D eigenvalue weighted by Crippen LogP contribution is 2.20. The average Bonchev–Trinajstić information content (AvgIpc) is 1.88. The highest BCUT2D eigenvalue weighted by molar-refractivity contribution is 9.09. The number of halogens is 2. The molecule has 2 nitrogen and oxygen atoms in total. The van der Waals surface area contributed by atoms with Gasteiger partial charge in [-0.1, -0.05) is 15.9 Å². The maximum absolute atomic E-state index is 12.7. The molecule has 1 rings (SSSR count). The van der Waals surface area contributed by atoms with Gasteiger partial charge in [0.2, 0.25) is 0 Å². The molecule has 0 saturated carbocycles. The van der Waals surface area contributed by atoms with E-state index in [4.69, 9.17) is 0 Å². The highest BCUT2D eigenvalue weighted by Gasteiger charge is 2.07. The second kappa shape index (κ2) is 3.05. The molecule has 10 heavy (non-hydrogen) atoms. The second-order valence-corrected chi connectivity index (χ2v) is 3.25. The molecule has 0 aliphatic carbocycles. The van der Waals surface area contributed by atoms with Gasteiger partial charge in [-0.2, -0.15) is 0 Å². The van der Waals surface area contributed by atoms with Crippen molar-refractivity contribution in [1.29, 1.82) is 0 Å². The predicted molar refractivity (Wildman–Crippen MR) is 39.3 cm³/mol. The zero-order chi connectivity index (χ0) is 7.56. The lowest BCUT2D eigenvalue weighted by atomic mass is 10.3. The van der Waals surface area contributed by atoms with E-state index in [2.05, 4.69) is 25.9 Å². The summed E-state index contributed by atoms with van der Waals surface area (Å²) < 4.78 is 12.7. The van der Waals surface area contributed by atoms with Crippen LogP contribution in [0.3, 0.4) is 0 Å². The van der Waals surface area contributed by atoms with E-state index in [9.17, 15) is 4.39 Å². The van der Waals surface area contributed by atoms with Crippen molar-refractivity contribution >= 4 is 15.9 Å². The summed E-state index contributed by atoms with van der Waals surface area (Å²) in [7, 11) is 0. The molecular weight excluding hydrogens is 199 g/mol. The van der Waals surface area contributed by atoms with Gasteiger partial charge in [-0.15, -0.1) is 0 Å². The summed E-state index contributed by atoms with van der Waals surface area (Å²) in [5.41, 5.74) is 0.398. The molecule has 0 N–H and O–H groups in total. The van der Waals surface area contributed by atoms with Crippen molar-refractivity contribution in [1.82, 2.24) is 9.97 Å². The molecule has 0 radical (unpaired) electrons. The molecule has 4 heteroatoms. The molecule has 54 valence electrons. The van der Waals surface area contributed by atoms with Gasteiger partial charge in [0.1, 0.15) is 6.33 Å². The minimum Gasteiger partial charge on any atom is -0.242 e. The van der Waals surface area contributed by atoms with Crippen molar-refractivity contribution in [2.75, 3.05) is 0 Å². The molecule has 0 fully saturated rings. The van der Waals surface area contributed by atoms with Crippen LogP contribution >= 0.6 is 15.9 Å². The third-order valence-corrected chi connectivity index (χ3v) is 1.51. The van der Waals surface area contributed by atoms with Crippen LogP contribution in [0.2, 0.25) is 0 Å². The van der Waals surface area contributed by atoms with E-state index < -0.39 is 0 Å². The highest BCUT2D eigenvalue weighted by atomic mass is 79.9. The first-order valence-electron chi connectivity index (χ1n) is 2.81. The van der Waals surface area contributed by atoms with Crippen LogP contribution in [-0.2, 0) is 0 Å². The van der Waals surface area contributed by atoms with Gasteiger partial charge in [-0.05, 0) is 6.92 Å². The first kappa shape index (κ1) is 7.60. The summed E-state index contributed by atoms with van der Waals surface area (Å²) in [5, 5.41) is 0. The summed E-state index contributed by atoms with van der Waals surface area (Å²) in [5.74, 6) is -0.369. The van der Waals surface area contributed by atoms with Gasteiger partial charge >= 0.3 is 0 Å². The van der Waals surface area contributed by atoms with Crippen LogP contribution in [0.5, 0.6) is 0 Å². The normalized spacial score (nSPS) is 13.1. The zero-order valence-electron chi connectivity index (χ0n) is 5.38. The summed E-state index contributed by atoms with van der Waals surface area (Å²) >= 11 is 3.20. The van der Waals surface area contributed by atoms with Crippen LogP contribution in [0.1, 0.15) is 17.4 Å². The lowest BCUT2D eigenvalue weighted by molar-refractivity contribution is 0.592. The summed E-state index contributed by atoms with van der Waals surface area (Å²) in [4.78, 5) is 7.21. The SMILES string of the molecule is C[C@H](Br)c1ncncc1F. The van der Waals surface area contributed by atoms with Crippen molar-refractivity contribution in [3.8, 4) is 0 Å². The van der Waals surface area contributed by atoms with Gasteiger partial charge in [0.25, 0.3) is 0 Å². The van der Waals surface area contributed by atoms with E-state index >= 15 is 0 Å². The molecule has 1 aromatic rings. The first-order valence-corrected chi connectivity index (χ1v) is 3.73. The number of alkyl halides is 1. The van der Waals surface area contributed by atoms with Crippen molar-refractivity contribution in [3.05, 3.63) is 24.0 Å². The van der Waals surface area contributed by atoms with E-state index in [1.165, 1.54) is 6.33 Å². The Morgan fingerprint density at radius 2 is 2.40 bits per heavy atom. The van der Waals surface area contributed by atoms with Gasteiger partial charge in [0.05, 0.1) is 16.7 Å². The maximum Gasteiger partial charge on any atom is 0.164 e. The molecular formula is C6H6BrFN2. The van der Waals surface area contributed by atoms with Crippen LogP contribution in [-0.4, -0.2) is 9.97 Å². The number of aromatic nitrogens is 2. The molecule has 0 saturated heterocycles. The molecule has 0 unspecified atom stereocenters. The quantitative estimate of drug-likeness (QED) is 0.655. The minimum absolute atomic E-state index is 0.0597. The Hall–Kier alpha value is -0.510. The molecule has 1 heterocycles. The fraction of sp³-hybridized carbons (Fsp3) is 0.333. The monoisotopic (exact) mass is 204 g/mol. The molecule has 0 aliphatic rings. The Kier molecular flexibility index (Phi) is 2.32. The topological polar surface area (TPSA) is 25.8 Å². The van der Waals surface area contributed by atoms with Crippen molar-refractivity contribution in [2.45, 2.75) is 11.8 Å². The Morgan fingerprint density at radius 3 is 2.80 bits per heavy atom. The van der Waals surface area contributed by atoms with Crippen LogP contribution in [0.25, 0.3) is 0 Å². The van der Waals surface area contributed by atoms with Crippen molar-refractivity contribution in [3.63, 3.8) is 0 Å². The fourth-order valence-corrected chi connectivity index (χ4v) is 0.952. The number of nitrogens with zero attached hydrogens (tertiary/aromatic N) is 2. The van der Waals surface area contributed by atoms with Crippen LogP contribution < -0.4 is 0 Å². The smallest absolute Gasteiger partial charge is 0.164 e. The molecule has 0 bridgehead atoms. The number of hydrogen-bond acceptors (Lipinski definition) is 2. The molecule has 0 aliphatic heterocycles. The largest absolute Gasteiger partial charge is 0.242 e. The summed E-state index contributed by atoms with van der Waals surface area (Å²) in [6.07, 6.45) is 2.48. The van der Waals surface area contributed by atoms with E-state index in [0.29, 0.717) is 5.69 Å². The van der Waals surface area contributed by atoms with Crippen molar-refractivity contribution in [2.24, 2.45) is 0 Å². The van der Waals surface area contributed by atoms with Gasteiger partial charge in [0.15, 0.2) is 5.82 Å². The standard InChI is InChI=1S/C6H6BrFN2/c1-4(7)6-5(8)2-9-3-10-6/h2-4H,1H3/t4-/m0/s1. The van der Waals surface area contributed by atoms with Crippen LogP contribution in [0, 0.1) is 5.82 Å². The number of hydrogen-bond donors (Lipinski definition) is 0.